The third kappa shape index (κ3) is 4.82. The number of amides is 1. The molecular weight excluding hydrogens is 360 g/mol. The van der Waals surface area contributed by atoms with Gasteiger partial charge in [-0.1, -0.05) is 48.0 Å². The lowest BCUT2D eigenvalue weighted by Gasteiger charge is -2.32. The van der Waals surface area contributed by atoms with Gasteiger partial charge in [0, 0.05) is 25.2 Å². The summed E-state index contributed by atoms with van der Waals surface area (Å²) in [7, 11) is 0. The molecular formula is C22H25ClN2O2. The normalized spacial score (nSPS) is 18.3. The van der Waals surface area contributed by atoms with Crippen LogP contribution in [0.3, 0.4) is 0 Å². The summed E-state index contributed by atoms with van der Waals surface area (Å²) in [6, 6.07) is 16.8. The lowest BCUT2D eigenvalue weighted by atomic mass is 10.0. The second-order valence-electron chi connectivity index (χ2n) is 7.41. The molecule has 2 aliphatic rings. The van der Waals surface area contributed by atoms with Gasteiger partial charge in [-0.15, -0.1) is 0 Å². The minimum Gasteiger partial charge on any atom is -0.482 e. The number of nitrogens with zero attached hydrogens (tertiary/aromatic N) is 1. The van der Waals surface area contributed by atoms with Gasteiger partial charge in [-0.2, -0.15) is 0 Å². The van der Waals surface area contributed by atoms with Crippen LogP contribution in [0.5, 0.6) is 5.75 Å². The van der Waals surface area contributed by atoms with Crippen molar-refractivity contribution in [1.29, 1.82) is 0 Å². The van der Waals surface area contributed by atoms with Gasteiger partial charge in [0.1, 0.15) is 5.75 Å². The van der Waals surface area contributed by atoms with E-state index in [1.165, 1.54) is 12.8 Å². The van der Waals surface area contributed by atoms with Crippen LogP contribution in [0.15, 0.2) is 48.5 Å². The molecule has 4 nitrogen and oxygen atoms in total. The third-order valence-electron chi connectivity index (χ3n) is 5.36. The molecule has 1 aliphatic heterocycles. The molecule has 2 aromatic carbocycles. The summed E-state index contributed by atoms with van der Waals surface area (Å²) >= 11 is 6.34. The molecule has 1 N–H and O–H groups in total. The predicted molar refractivity (Wildman–Crippen MR) is 108 cm³/mol. The summed E-state index contributed by atoms with van der Waals surface area (Å²) in [5.41, 5.74) is 2.13. The quantitative estimate of drug-likeness (QED) is 0.814. The van der Waals surface area contributed by atoms with Crippen LogP contribution in [0.2, 0.25) is 5.02 Å². The van der Waals surface area contributed by atoms with E-state index in [9.17, 15) is 4.79 Å². The molecule has 0 spiro atoms. The standard InChI is InChI=1S/C22H25ClN2O2/c23-20-14-17(16-4-2-1-3-5-16)6-9-21(20)27-15-22(26)24-18-10-12-25(13-11-18)19-7-8-19/h1-6,9,14,18-19H,7-8,10-13,15H2,(H,24,26). The van der Waals surface area contributed by atoms with Gasteiger partial charge in [0.25, 0.3) is 5.91 Å². The number of likely N-dealkylation sites (tertiary alicyclic amines) is 1. The van der Waals surface area contributed by atoms with Crippen LogP contribution in [0.1, 0.15) is 25.7 Å². The molecule has 1 heterocycles. The van der Waals surface area contributed by atoms with E-state index < -0.39 is 0 Å². The first-order valence-corrected chi connectivity index (χ1v) is 10.1. The van der Waals surface area contributed by atoms with Crippen molar-refractivity contribution in [3.05, 3.63) is 53.6 Å². The minimum absolute atomic E-state index is 0.00670. The Morgan fingerprint density at radius 1 is 1.04 bits per heavy atom. The molecule has 0 radical (unpaired) electrons. The molecule has 2 fully saturated rings. The van der Waals surface area contributed by atoms with Crippen molar-refractivity contribution in [2.75, 3.05) is 19.7 Å². The number of hydrogen-bond donors (Lipinski definition) is 1. The first kappa shape index (κ1) is 18.3. The molecule has 0 atom stereocenters. The van der Waals surface area contributed by atoms with Crippen molar-refractivity contribution in [3.8, 4) is 16.9 Å². The number of halogens is 1. The summed E-state index contributed by atoms with van der Waals surface area (Å²) in [5.74, 6) is 0.457. The topological polar surface area (TPSA) is 41.6 Å². The number of piperidine rings is 1. The van der Waals surface area contributed by atoms with E-state index in [0.717, 1.165) is 43.1 Å². The molecule has 2 aromatic rings. The van der Waals surface area contributed by atoms with Crippen molar-refractivity contribution < 1.29 is 9.53 Å². The van der Waals surface area contributed by atoms with E-state index >= 15 is 0 Å². The van der Waals surface area contributed by atoms with E-state index in [4.69, 9.17) is 16.3 Å². The third-order valence-corrected chi connectivity index (χ3v) is 5.65. The zero-order chi connectivity index (χ0) is 18.6. The molecule has 4 rings (SSSR count). The Morgan fingerprint density at radius 2 is 1.78 bits per heavy atom. The van der Waals surface area contributed by atoms with E-state index in [2.05, 4.69) is 10.2 Å². The maximum Gasteiger partial charge on any atom is 0.258 e. The fraction of sp³-hybridized carbons (Fsp3) is 0.409. The van der Waals surface area contributed by atoms with Gasteiger partial charge in [-0.3, -0.25) is 4.79 Å². The van der Waals surface area contributed by atoms with E-state index in [1.54, 1.807) is 0 Å². The van der Waals surface area contributed by atoms with Crippen molar-refractivity contribution in [2.24, 2.45) is 0 Å². The highest BCUT2D eigenvalue weighted by atomic mass is 35.5. The van der Waals surface area contributed by atoms with Gasteiger partial charge in [0.2, 0.25) is 0 Å². The van der Waals surface area contributed by atoms with Gasteiger partial charge in [-0.25, -0.2) is 0 Å². The van der Waals surface area contributed by atoms with Gasteiger partial charge in [0.15, 0.2) is 6.61 Å². The summed E-state index contributed by atoms with van der Waals surface area (Å²) < 4.78 is 5.65. The Kier molecular flexibility index (Phi) is 5.65. The molecule has 1 amide bonds. The average Bonchev–Trinajstić information content (AvgIpc) is 3.54. The van der Waals surface area contributed by atoms with Crippen LogP contribution < -0.4 is 10.1 Å². The van der Waals surface area contributed by atoms with Crippen LogP contribution in [0.4, 0.5) is 0 Å². The van der Waals surface area contributed by atoms with Crippen molar-refractivity contribution in [2.45, 2.75) is 37.8 Å². The molecule has 0 aromatic heterocycles. The molecule has 1 saturated carbocycles. The molecule has 5 heteroatoms. The first-order chi connectivity index (χ1) is 13.2. The molecule has 142 valence electrons. The fourth-order valence-corrected chi connectivity index (χ4v) is 3.92. The lowest BCUT2D eigenvalue weighted by molar-refractivity contribution is -0.124. The number of rotatable bonds is 6. The van der Waals surface area contributed by atoms with Gasteiger partial charge >= 0.3 is 0 Å². The highest BCUT2D eigenvalue weighted by molar-refractivity contribution is 6.32. The Balaban J connectivity index is 1.26. The Hall–Kier alpha value is -2.04. The fourth-order valence-electron chi connectivity index (χ4n) is 3.69. The number of carbonyl (C=O) groups excluding carboxylic acids is 1. The summed E-state index contributed by atoms with van der Waals surface area (Å²) in [6.07, 6.45) is 4.73. The molecule has 1 aliphatic carbocycles. The van der Waals surface area contributed by atoms with E-state index in [1.807, 2.05) is 48.5 Å². The zero-order valence-electron chi connectivity index (χ0n) is 15.4. The van der Waals surface area contributed by atoms with Crippen LogP contribution in [0, 0.1) is 0 Å². The van der Waals surface area contributed by atoms with Crippen molar-refractivity contribution in [3.63, 3.8) is 0 Å². The molecule has 27 heavy (non-hydrogen) atoms. The number of nitrogens with one attached hydrogen (secondary N) is 1. The number of benzene rings is 2. The smallest absolute Gasteiger partial charge is 0.258 e. The monoisotopic (exact) mass is 384 g/mol. The predicted octanol–water partition coefficient (Wildman–Crippen LogP) is 4.13. The summed E-state index contributed by atoms with van der Waals surface area (Å²) in [6.45, 7) is 2.17. The Labute approximate surface area is 165 Å². The first-order valence-electron chi connectivity index (χ1n) is 9.70. The van der Waals surface area contributed by atoms with Gasteiger partial charge < -0.3 is 15.0 Å². The van der Waals surface area contributed by atoms with Gasteiger partial charge in [0.05, 0.1) is 5.02 Å². The van der Waals surface area contributed by atoms with Gasteiger partial charge in [-0.05, 0) is 48.9 Å². The SMILES string of the molecule is O=C(COc1ccc(-c2ccccc2)cc1Cl)NC1CCN(C2CC2)CC1. The van der Waals surface area contributed by atoms with E-state index in [-0.39, 0.29) is 18.6 Å². The Bertz CT molecular complexity index is 784. The lowest BCUT2D eigenvalue weighted by Crippen LogP contribution is -2.46. The highest BCUT2D eigenvalue weighted by Crippen LogP contribution is 2.31. The zero-order valence-corrected chi connectivity index (χ0v) is 16.1. The molecule has 0 bridgehead atoms. The van der Waals surface area contributed by atoms with E-state index in [0.29, 0.717) is 10.8 Å². The number of carbonyl (C=O) groups is 1. The second-order valence-corrected chi connectivity index (χ2v) is 7.82. The highest BCUT2D eigenvalue weighted by Gasteiger charge is 2.32. The van der Waals surface area contributed by atoms with Crippen LogP contribution >= 0.6 is 11.6 Å². The van der Waals surface area contributed by atoms with Crippen molar-refractivity contribution in [1.82, 2.24) is 10.2 Å². The average molecular weight is 385 g/mol. The molecule has 1 saturated heterocycles. The number of ether oxygens (including phenoxy) is 1. The summed E-state index contributed by atoms with van der Waals surface area (Å²) in [5, 5.41) is 3.61. The van der Waals surface area contributed by atoms with Crippen LogP contribution in [-0.2, 0) is 4.79 Å². The maximum absolute atomic E-state index is 12.2. The maximum atomic E-state index is 12.2. The molecule has 0 unspecified atom stereocenters. The number of hydrogen-bond acceptors (Lipinski definition) is 3. The summed E-state index contributed by atoms with van der Waals surface area (Å²) in [4.78, 5) is 14.8. The minimum atomic E-state index is -0.0805. The van der Waals surface area contributed by atoms with Crippen LogP contribution in [0.25, 0.3) is 11.1 Å². The van der Waals surface area contributed by atoms with Crippen molar-refractivity contribution >= 4 is 17.5 Å². The largest absolute Gasteiger partial charge is 0.482 e. The van der Waals surface area contributed by atoms with Crippen LogP contribution in [-0.4, -0.2) is 42.6 Å². The Morgan fingerprint density at radius 3 is 2.44 bits per heavy atom. The second kappa shape index (κ2) is 8.32.